The Kier molecular flexibility index (Phi) is 4.54. The lowest BCUT2D eigenvalue weighted by Crippen LogP contribution is -2.09. The van der Waals surface area contributed by atoms with Gasteiger partial charge >= 0.3 is 6.18 Å². The summed E-state index contributed by atoms with van der Waals surface area (Å²) in [5.74, 6) is 0.0703. The number of para-hydroxylation sites is 1. The standard InChI is InChI=1S/C19H13F3N4OS/c1-11-23-17-14-7-2-3-8-15(14)24-18(26(17)25-11)28-10-16(27)12-5-4-6-13(9-12)19(20,21)22/h2-9H,10H2,1H3. The SMILES string of the molecule is Cc1nc2c3ccccc3nc(SCC(=O)c3cccc(C(F)(F)F)c3)n2n1. The van der Waals surface area contributed by atoms with Gasteiger partial charge in [-0.2, -0.15) is 17.7 Å². The average molecular weight is 402 g/mol. The van der Waals surface area contributed by atoms with Crippen molar-refractivity contribution in [1.82, 2.24) is 19.6 Å². The quantitative estimate of drug-likeness (QED) is 0.284. The van der Waals surface area contributed by atoms with Crippen molar-refractivity contribution in [2.24, 2.45) is 0 Å². The van der Waals surface area contributed by atoms with E-state index in [1.807, 2.05) is 24.3 Å². The van der Waals surface area contributed by atoms with Crippen molar-refractivity contribution in [2.45, 2.75) is 18.3 Å². The smallest absolute Gasteiger partial charge is 0.293 e. The molecular formula is C19H13F3N4OS. The molecule has 2 aromatic heterocycles. The number of benzene rings is 2. The maximum absolute atomic E-state index is 12.9. The van der Waals surface area contributed by atoms with E-state index in [0.717, 1.165) is 29.3 Å². The van der Waals surface area contributed by atoms with Crippen molar-refractivity contribution in [1.29, 1.82) is 0 Å². The fourth-order valence-electron chi connectivity index (χ4n) is 2.81. The molecule has 0 aliphatic rings. The summed E-state index contributed by atoms with van der Waals surface area (Å²) >= 11 is 1.11. The molecule has 2 heterocycles. The molecule has 0 aliphatic heterocycles. The van der Waals surface area contributed by atoms with E-state index >= 15 is 0 Å². The first-order chi connectivity index (χ1) is 13.3. The summed E-state index contributed by atoms with van der Waals surface area (Å²) in [4.78, 5) is 21.4. The van der Waals surface area contributed by atoms with Crippen LogP contribution < -0.4 is 0 Å². The van der Waals surface area contributed by atoms with Gasteiger partial charge in [-0.3, -0.25) is 4.79 Å². The maximum Gasteiger partial charge on any atom is 0.416 e. The van der Waals surface area contributed by atoms with Gasteiger partial charge in [0.1, 0.15) is 5.82 Å². The third-order valence-electron chi connectivity index (χ3n) is 4.10. The Balaban J connectivity index is 1.64. The normalized spacial score (nSPS) is 12.0. The molecule has 2 aromatic carbocycles. The van der Waals surface area contributed by atoms with E-state index in [1.54, 1.807) is 11.4 Å². The van der Waals surface area contributed by atoms with Crippen LogP contribution in [-0.2, 0) is 6.18 Å². The molecule has 0 bridgehead atoms. The van der Waals surface area contributed by atoms with Crippen molar-refractivity contribution in [3.8, 4) is 0 Å². The van der Waals surface area contributed by atoms with E-state index in [0.29, 0.717) is 22.1 Å². The van der Waals surface area contributed by atoms with Gasteiger partial charge in [0.25, 0.3) is 0 Å². The van der Waals surface area contributed by atoms with E-state index < -0.39 is 17.5 Å². The Labute approximate surface area is 161 Å². The first kappa shape index (κ1) is 18.4. The van der Waals surface area contributed by atoms with Crippen molar-refractivity contribution < 1.29 is 18.0 Å². The number of halogens is 3. The van der Waals surface area contributed by atoms with Crippen LogP contribution in [0.3, 0.4) is 0 Å². The van der Waals surface area contributed by atoms with Crippen LogP contribution in [0.25, 0.3) is 16.6 Å². The van der Waals surface area contributed by atoms with Gasteiger partial charge in [0.15, 0.2) is 16.6 Å². The lowest BCUT2D eigenvalue weighted by molar-refractivity contribution is -0.137. The number of alkyl halides is 3. The zero-order valence-corrected chi connectivity index (χ0v) is 15.4. The fraction of sp³-hybridized carbons (Fsp3) is 0.158. The van der Waals surface area contributed by atoms with Crippen LogP contribution in [0.1, 0.15) is 21.7 Å². The highest BCUT2D eigenvalue weighted by atomic mass is 32.2. The average Bonchev–Trinajstić information content (AvgIpc) is 3.07. The second-order valence-corrected chi connectivity index (χ2v) is 7.04. The van der Waals surface area contributed by atoms with Gasteiger partial charge in [-0.05, 0) is 31.2 Å². The van der Waals surface area contributed by atoms with Gasteiger partial charge in [0, 0.05) is 10.9 Å². The second-order valence-electron chi connectivity index (χ2n) is 6.10. The number of aromatic nitrogens is 4. The monoisotopic (exact) mass is 402 g/mol. The van der Waals surface area contributed by atoms with Crippen LogP contribution in [0.5, 0.6) is 0 Å². The molecule has 0 atom stereocenters. The Morgan fingerprint density at radius 1 is 1.11 bits per heavy atom. The molecule has 28 heavy (non-hydrogen) atoms. The number of ketones is 1. The van der Waals surface area contributed by atoms with Crippen LogP contribution in [-0.4, -0.2) is 31.1 Å². The minimum atomic E-state index is -4.49. The van der Waals surface area contributed by atoms with Crippen molar-refractivity contribution in [3.05, 3.63) is 65.5 Å². The Hall–Kier alpha value is -2.94. The van der Waals surface area contributed by atoms with Crippen molar-refractivity contribution in [2.75, 3.05) is 5.75 Å². The molecular weight excluding hydrogens is 389 g/mol. The predicted molar refractivity (Wildman–Crippen MR) is 99.5 cm³/mol. The number of thioether (sulfide) groups is 1. The van der Waals surface area contributed by atoms with E-state index in [9.17, 15) is 18.0 Å². The number of nitrogens with zero attached hydrogens (tertiary/aromatic N) is 4. The summed E-state index contributed by atoms with van der Waals surface area (Å²) in [5, 5.41) is 5.61. The van der Waals surface area contributed by atoms with E-state index in [-0.39, 0.29) is 11.3 Å². The summed E-state index contributed by atoms with van der Waals surface area (Å²) in [6.45, 7) is 1.75. The number of hydrogen-bond donors (Lipinski definition) is 0. The molecule has 142 valence electrons. The molecule has 0 aliphatic carbocycles. The molecule has 0 amide bonds. The number of fused-ring (bicyclic) bond motifs is 3. The maximum atomic E-state index is 12.9. The van der Waals surface area contributed by atoms with Gasteiger partial charge in [0.2, 0.25) is 0 Å². The van der Waals surface area contributed by atoms with Gasteiger partial charge in [-0.1, -0.05) is 36.0 Å². The minimum Gasteiger partial charge on any atom is -0.293 e. The highest BCUT2D eigenvalue weighted by Crippen LogP contribution is 2.30. The zero-order valence-electron chi connectivity index (χ0n) is 14.6. The van der Waals surface area contributed by atoms with Crippen LogP contribution in [0.2, 0.25) is 0 Å². The lowest BCUT2D eigenvalue weighted by Gasteiger charge is -2.08. The van der Waals surface area contributed by atoms with Crippen LogP contribution in [0.4, 0.5) is 13.2 Å². The number of rotatable bonds is 4. The Bertz CT molecular complexity index is 1200. The topological polar surface area (TPSA) is 60.2 Å². The second kappa shape index (κ2) is 6.90. The van der Waals surface area contributed by atoms with Gasteiger partial charge in [0.05, 0.1) is 16.8 Å². The first-order valence-corrected chi connectivity index (χ1v) is 9.27. The molecule has 0 saturated carbocycles. The van der Waals surface area contributed by atoms with Crippen LogP contribution in [0, 0.1) is 6.92 Å². The van der Waals surface area contributed by atoms with E-state index in [2.05, 4.69) is 15.1 Å². The van der Waals surface area contributed by atoms with Crippen LogP contribution in [0.15, 0.2) is 53.7 Å². The molecule has 4 rings (SSSR count). The van der Waals surface area contributed by atoms with Crippen LogP contribution >= 0.6 is 11.8 Å². The number of carbonyl (C=O) groups excluding carboxylic acids is 1. The molecule has 4 aromatic rings. The summed E-state index contributed by atoms with van der Waals surface area (Å²) in [7, 11) is 0. The largest absolute Gasteiger partial charge is 0.416 e. The van der Waals surface area contributed by atoms with Crippen molar-refractivity contribution >= 4 is 34.1 Å². The highest BCUT2D eigenvalue weighted by Gasteiger charge is 2.30. The predicted octanol–water partition coefficient (Wildman–Crippen LogP) is 4.58. The molecule has 0 radical (unpaired) electrons. The van der Waals surface area contributed by atoms with E-state index in [4.69, 9.17) is 0 Å². The van der Waals surface area contributed by atoms with E-state index in [1.165, 1.54) is 12.1 Å². The third kappa shape index (κ3) is 3.45. The molecule has 0 N–H and O–H groups in total. The van der Waals surface area contributed by atoms with Gasteiger partial charge in [-0.15, -0.1) is 5.10 Å². The number of Topliss-reactive ketones (excluding diaryl/α,β-unsaturated/α-hetero) is 1. The molecule has 0 fully saturated rings. The summed E-state index contributed by atoms with van der Waals surface area (Å²) < 4.78 is 40.1. The summed E-state index contributed by atoms with van der Waals surface area (Å²) in [5.41, 5.74) is 0.490. The molecule has 0 unspecified atom stereocenters. The minimum absolute atomic E-state index is 0.00845. The van der Waals surface area contributed by atoms with Crippen molar-refractivity contribution in [3.63, 3.8) is 0 Å². The Morgan fingerprint density at radius 3 is 2.68 bits per heavy atom. The third-order valence-corrected chi connectivity index (χ3v) is 5.03. The zero-order chi connectivity index (χ0) is 19.9. The highest BCUT2D eigenvalue weighted by molar-refractivity contribution is 7.99. The number of carbonyl (C=O) groups is 1. The van der Waals surface area contributed by atoms with Gasteiger partial charge in [-0.25, -0.2) is 9.97 Å². The Morgan fingerprint density at radius 2 is 1.89 bits per heavy atom. The number of hydrogen-bond acceptors (Lipinski definition) is 5. The summed E-state index contributed by atoms with van der Waals surface area (Å²) in [6.07, 6.45) is -4.49. The molecule has 0 spiro atoms. The summed E-state index contributed by atoms with van der Waals surface area (Å²) in [6, 6.07) is 11.8. The fourth-order valence-corrected chi connectivity index (χ4v) is 3.65. The molecule has 9 heteroatoms. The van der Waals surface area contributed by atoms with Gasteiger partial charge < -0.3 is 0 Å². The number of aryl methyl sites for hydroxylation is 1. The molecule has 0 saturated heterocycles. The first-order valence-electron chi connectivity index (χ1n) is 8.28. The molecule has 5 nitrogen and oxygen atoms in total. The lowest BCUT2D eigenvalue weighted by atomic mass is 10.1.